The molecule has 0 aliphatic heterocycles. The minimum absolute atomic E-state index is 0.265. The predicted molar refractivity (Wildman–Crippen MR) is 91.6 cm³/mol. The highest BCUT2D eigenvalue weighted by atomic mass is 16.5. The summed E-state index contributed by atoms with van der Waals surface area (Å²) in [5.74, 6) is -0.00747. The van der Waals surface area contributed by atoms with E-state index in [4.69, 9.17) is 14.7 Å². The molecule has 0 heterocycles. The summed E-state index contributed by atoms with van der Waals surface area (Å²) >= 11 is 0. The zero-order valence-corrected chi connectivity index (χ0v) is 13.8. The maximum absolute atomic E-state index is 12.1. The largest absolute Gasteiger partial charge is 0.495 e. The maximum Gasteiger partial charge on any atom is 0.310 e. The van der Waals surface area contributed by atoms with Crippen LogP contribution < -0.4 is 10.1 Å². The van der Waals surface area contributed by atoms with Gasteiger partial charge in [0.2, 0.25) is 0 Å². The van der Waals surface area contributed by atoms with Gasteiger partial charge in [-0.25, -0.2) is 0 Å². The number of methoxy groups -OCH3 is 1. The zero-order chi connectivity index (χ0) is 17.4. The monoisotopic (exact) mass is 324 g/mol. The predicted octanol–water partition coefficient (Wildman–Crippen LogP) is 3.36. The second kappa shape index (κ2) is 8.59. The molecule has 124 valence electrons. The molecule has 0 aromatic heterocycles. The van der Waals surface area contributed by atoms with Crippen molar-refractivity contribution in [2.75, 3.05) is 19.0 Å². The van der Waals surface area contributed by atoms with Gasteiger partial charge in [-0.3, -0.25) is 4.79 Å². The molecule has 0 aliphatic rings. The van der Waals surface area contributed by atoms with Gasteiger partial charge in [0, 0.05) is 12.6 Å². The molecule has 5 heteroatoms. The van der Waals surface area contributed by atoms with Crippen LogP contribution in [-0.2, 0) is 16.1 Å². The van der Waals surface area contributed by atoms with Gasteiger partial charge in [0.1, 0.15) is 12.4 Å². The van der Waals surface area contributed by atoms with Crippen LogP contribution in [0.4, 0.5) is 5.69 Å². The molecule has 5 nitrogen and oxygen atoms in total. The van der Waals surface area contributed by atoms with Crippen LogP contribution in [0.2, 0.25) is 0 Å². The quantitative estimate of drug-likeness (QED) is 0.791. The molecule has 0 radical (unpaired) electrons. The third-order valence-corrected chi connectivity index (χ3v) is 3.56. The van der Waals surface area contributed by atoms with E-state index in [1.807, 2.05) is 30.3 Å². The van der Waals surface area contributed by atoms with Gasteiger partial charge in [-0.05, 0) is 17.7 Å². The number of nitriles is 1. The first-order valence-corrected chi connectivity index (χ1v) is 7.66. The maximum atomic E-state index is 12.1. The summed E-state index contributed by atoms with van der Waals surface area (Å²) in [6.45, 7) is 2.48. The van der Waals surface area contributed by atoms with Crippen LogP contribution in [0, 0.1) is 17.2 Å². The number of hydrogen-bond acceptors (Lipinski definition) is 5. The molecule has 1 unspecified atom stereocenters. The minimum atomic E-state index is -0.311. The first kappa shape index (κ1) is 17.4. The van der Waals surface area contributed by atoms with Crippen molar-refractivity contribution in [1.82, 2.24) is 0 Å². The van der Waals surface area contributed by atoms with Gasteiger partial charge in [-0.2, -0.15) is 5.26 Å². The number of anilines is 1. The Morgan fingerprint density at radius 2 is 2.00 bits per heavy atom. The van der Waals surface area contributed by atoms with E-state index in [9.17, 15) is 4.79 Å². The Balaban J connectivity index is 1.87. The standard InChI is InChI=1S/C19H20N2O3/c1-14(19(22)24-13-15-6-4-3-5-7-15)12-21-17-9-8-16(11-20)10-18(17)23-2/h3-10,14,21H,12-13H2,1-2H3. The van der Waals surface area contributed by atoms with Crippen LogP contribution in [0.3, 0.4) is 0 Å². The number of nitrogens with zero attached hydrogens (tertiary/aromatic N) is 1. The highest BCUT2D eigenvalue weighted by Gasteiger charge is 2.15. The molecule has 0 amide bonds. The lowest BCUT2D eigenvalue weighted by Gasteiger charge is -2.15. The topological polar surface area (TPSA) is 71.3 Å². The molecule has 0 bridgehead atoms. The lowest BCUT2D eigenvalue weighted by molar-refractivity contribution is -0.148. The fraction of sp³-hybridized carbons (Fsp3) is 0.263. The van der Waals surface area contributed by atoms with Gasteiger partial charge in [0.25, 0.3) is 0 Å². The molecule has 2 rings (SSSR count). The number of benzene rings is 2. The summed E-state index contributed by atoms with van der Waals surface area (Å²) in [6.07, 6.45) is 0. The van der Waals surface area contributed by atoms with E-state index in [1.165, 1.54) is 0 Å². The fourth-order valence-corrected chi connectivity index (χ4v) is 2.12. The Hall–Kier alpha value is -3.00. The van der Waals surface area contributed by atoms with Crippen LogP contribution in [0.25, 0.3) is 0 Å². The van der Waals surface area contributed by atoms with Gasteiger partial charge >= 0.3 is 5.97 Å². The summed E-state index contributed by atoms with van der Waals surface area (Å²) in [5, 5.41) is 12.1. The molecule has 0 fully saturated rings. The van der Waals surface area contributed by atoms with E-state index in [1.54, 1.807) is 32.2 Å². The molecule has 0 saturated carbocycles. The van der Waals surface area contributed by atoms with Crippen molar-refractivity contribution < 1.29 is 14.3 Å². The summed E-state index contributed by atoms with van der Waals surface area (Å²) in [6, 6.07) is 16.7. The van der Waals surface area contributed by atoms with Crippen molar-refractivity contribution in [2.24, 2.45) is 5.92 Å². The molecule has 2 aromatic rings. The Bertz CT molecular complexity index is 723. The molecule has 0 spiro atoms. The molecule has 2 aromatic carbocycles. The van der Waals surface area contributed by atoms with E-state index in [-0.39, 0.29) is 18.5 Å². The van der Waals surface area contributed by atoms with Crippen LogP contribution in [0.15, 0.2) is 48.5 Å². The third-order valence-electron chi connectivity index (χ3n) is 3.56. The summed E-state index contributed by atoms with van der Waals surface area (Å²) in [7, 11) is 1.54. The summed E-state index contributed by atoms with van der Waals surface area (Å²) in [4.78, 5) is 12.1. The number of nitrogens with one attached hydrogen (secondary N) is 1. The average molecular weight is 324 g/mol. The van der Waals surface area contributed by atoms with Gasteiger partial charge in [-0.1, -0.05) is 37.3 Å². The lowest BCUT2D eigenvalue weighted by atomic mass is 10.1. The zero-order valence-electron chi connectivity index (χ0n) is 13.8. The van der Waals surface area contributed by atoms with E-state index in [0.717, 1.165) is 11.3 Å². The number of rotatable bonds is 7. The second-order valence-corrected chi connectivity index (χ2v) is 5.40. The van der Waals surface area contributed by atoms with Crippen molar-refractivity contribution in [1.29, 1.82) is 5.26 Å². The first-order valence-electron chi connectivity index (χ1n) is 7.66. The Morgan fingerprint density at radius 1 is 1.25 bits per heavy atom. The third kappa shape index (κ3) is 4.75. The van der Waals surface area contributed by atoms with Gasteiger partial charge in [0.05, 0.1) is 30.3 Å². The van der Waals surface area contributed by atoms with E-state index < -0.39 is 0 Å². The van der Waals surface area contributed by atoms with Crippen LogP contribution >= 0.6 is 0 Å². The summed E-state index contributed by atoms with van der Waals surface area (Å²) in [5.41, 5.74) is 2.21. The Labute approximate surface area is 141 Å². The van der Waals surface area contributed by atoms with E-state index >= 15 is 0 Å². The molecule has 24 heavy (non-hydrogen) atoms. The van der Waals surface area contributed by atoms with E-state index in [2.05, 4.69) is 11.4 Å². The minimum Gasteiger partial charge on any atom is -0.495 e. The number of esters is 1. The molecule has 1 N–H and O–H groups in total. The average Bonchev–Trinajstić information content (AvgIpc) is 2.64. The van der Waals surface area contributed by atoms with Crippen LogP contribution in [0.5, 0.6) is 5.75 Å². The van der Waals surface area contributed by atoms with Crippen molar-refractivity contribution in [2.45, 2.75) is 13.5 Å². The van der Waals surface area contributed by atoms with Crippen molar-refractivity contribution in [3.63, 3.8) is 0 Å². The highest BCUT2D eigenvalue weighted by Crippen LogP contribution is 2.25. The number of ether oxygens (including phenoxy) is 2. The first-order chi connectivity index (χ1) is 11.6. The summed E-state index contributed by atoms with van der Waals surface area (Å²) < 4.78 is 10.6. The van der Waals surface area contributed by atoms with Gasteiger partial charge < -0.3 is 14.8 Å². The molecular weight excluding hydrogens is 304 g/mol. The van der Waals surface area contributed by atoms with Crippen molar-refractivity contribution in [3.05, 3.63) is 59.7 Å². The second-order valence-electron chi connectivity index (χ2n) is 5.40. The van der Waals surface area contributed by atoms with Crippen LogP contribution in [0.1, 0.15) is 18.1 Å². The molecule has 0 saturated heterocycles. The van der Waals surface area contributed by atoms with E-state index in [0.29, 0.717) is 17.9 Å². The Morgan fingerprint density at radius 3 is 2.67 bits per heavy atom. The van der Waals surface area contributed by atoms with Crippen LogP contribution in [-0.4, -0.2) is 19.6 Å². The molecule has 1 atom stereocenters. The Kier molecular flexibility index (Phi) is 6.21. The SMILES string of the molecule is COc1cc(C#N)ccc1NCC(C)C(=O)OCc1ccccc1. The molecule has 0 aliphatic carbocycles. The normalized spacial score (nSPS) is 11.2. The van der Waals surface area contributed by atoms with Gasteiger partial charge in [0.15, 0.2) is 0 Å². The number of hydrogen-bond donors (Lipinski definition) is 1. The number of carbonyl (C=O) groups excluding carboxylic acids is 1. The number of carbonyl (C=O) groups is 1. The fourth-order valence-electron chi connectivity index (χ4n) is 2.12. The van der Waals surface area contributed by atoms with Crippen molar-refractivity contribution >= 4 is 11.7 Å². The smallest absolute Gasteiger partial charge is 0.310 e. The highest BCUT2D eigenvalue weighted by molar-refractivity contribution is 5.73. The molecular formula is C19H20N2O3. The van der Waals surface area contributed by atoms with Crippen molar-refractivity contribution in [3.8, 4) is 11.8 Å². The van der Waals surface area contributed by atoms with Gasteiger partial charge in [-0.15, -0.1) is 0 Å². The lowest BCUT2D eigenvalue weighted by Crippen LogP contribution is -2.22.